The van der Waals surface area contributed by atoms with Gasteiger partial charge in [-0.05, 0) is 56.3 Å². The van der Waals surface area contributed by atoms with Gasteiger partial charge in [0.05, 0.1) is 4.90 Å². The van der Waals surface area contributed by atoms with Gasteiger partial charge < -0.3 is 5.32 Å². The first-order chi connectivity index (χ1) is 10.0. The molecule has 21 heavy (non-hydrogen) atoms. The van der Waals surface area contributed by atoms with Crippen LogP contribution in [0.15, 0.2) is 29.2 Å². The Hall–Kier alpha value is -0.910. The predicted octanol–water partition coefficient (Wildman–Crippen LogP) is 2.40. The highest BCUT2D eigenvalue weighted by Crippen LogP contribution is 2.19. The lowest BCUT2D eigenvalue weighted by molar-refractivity contribution is 0.468. The van der Waals surface area contributed by atoms with Crippen molar-refractivity contribution in [3.05, 3.63) is 29.8 Å². The van der Waals surface area contributed by atoms with E-state index in [-0.39, 0.29) is 0 Å². The highest BCUT2D eigenvalue weighted by Gasteiger charge is 2.20. The molecule has 0 unspecified atom stereocenters. The van der Waals surface area contributed by atoms with Crippen LogP contribution in [0.1, 0.15) is 38.2 Å². The summed E-state index contributed by atoms with van der Waals surface area (Å²) in [6.45, 7) is 3.58. The molecule has 0 aliphatic heterocycles. The Labute approximate surface area is 128 Å². The van der Waals surface area contributed by atoms with Gasteiger partial charge in [0.2, 0.25) is 10.0 Å². The van der Waals surface area contributed by atoms with E-state index < -0.39 is 10.0 Å². The van der Waals surface area contributed by atoms with Crippen LogP contribution >= 0.6 is 0 Å². The van der Waals surface area contributed by atoms with Crippen molar-refractivity contribution in [2.45, 2.75) is 50.0 Å². The Bertz CT molecular complexity index is 536. The van der Waals surface area contributed by atoms with Crippen LogP contribution in [0.3, 0.4) is 0 Å². The van der Waals surface area contributed by atoms with E-state index in [1.165, 1.54) is 22.7 Å². The van der Waals surface area contributed by atoms with Crippen molar-refractivity contribution in [3.63, 3.8) is 0 Å². The second kappa shape index (κ2) is 7.38. The minimum absolute atomic E-state index is 0.387. The summed E-state index contributed by atoms with van der Waals surface area (Å²) >= 11 is 0. The van der Waals surface area contributed by atoms with Gasteiger partial charge in [-0.2, -0.15) is 0 Å². The average Bonchev–Trinajstić information content (AvgIpc) is 3.28. The van der Waals surface area contributed by atoms with Crippen molar-refractivity contribution in [1.29, 1.82) is 0 Å². The van der Waals surface area contributed by atoms with Crippen LogP contribution in [-0.4, -0.2) is 38.9 Å². The van der Waals surface area contributed by atoms with Gasteiger partial charge in [0, 0.05) is 19.6 Å². The fraction of sp³-hybridized carbons (Fsp3) is 0.625. The van der Waals surface area contributed by atoms with Gasteiger partial charge >= 0.3 is 0 Å². The molecule has 0 atom stereocenters. The molecular formula is C16H26N2O2S. The summed E-state index contributed by atoms with van der Waals surface area (Å²) < 4.78 is 26.0. The molecule has 118 valence electrons. The number of rotatable bonds is 9. The SMILES string of the molecule is CCCN(C)S(=O)(=O)c1ccc(CCCNC2CC2)cc1. The number of benzene rings is 1. The Balaban J connectivity index is 1.88. The Morgan fingerprint density at radius 2 is 1.90 bits per heavy atom. The molecule has 1 saturated carbocycles. The molecule has 0 saturated heterocycles. The number of hydrogen-bond donors (Lipinski definition) is 1. The smallest absolute Gasteiger partial charge is 0.242 e. The molecule has 1 N–H and O–H groups in total. The van der Waals surface area contributed by atoms with E-state index in [1.807, 2.05) is 19.1 Å². The molecule has 1 aromatic carbocycles. The minimum atomic E-state index is -3.33. The third-order valence-electron chi connectivity index (χ3n) is 3.82. The second-order valence-corrected chi connectivity index (χ2v) is 7.85. The van der Waals surface area contributed by atoms with Gasteiger partial charge in [-0.25, -0.2) is 12.7 Å². The lowest BCUT2D eigenvalue weighted by Crippen LogP contribution is -2.27. The summed E-state index contributed by atoms with van der Waals surface area (Å²) in [6, 6.07) is 8.08. The fourth-order valence-electron chi connectivity index (χ4n) is 2.33. The van der Waals surface area contributed by atoms with Gasteiger partial charge in [-0.15, -0.1) is 0 Å². The molecule has 0 spiro atoms. The van der Waals surface area contributed by atoms with Crippen LogP contribution in [-0.2, 0) is 16.4 Å². The fourth-order valence-corrected chi connectivity index (χ4v) is 3.59. The summed E-state index contributed by atoms with van der Waals surface area (Å²) in [4.78, 5) is 0.387. The van der Waals surface area contributed by atoms with Crippen molar-refractivity contribution >= 4 is 10.0 Å². The summed E-state index contributed by atoms with van der Waals surface area (Å²) in [6.07, 6.45) is 5.54. The van der Waals surface area contributed by atoms with Crippen molar-refractivity contribution in [2.24, 2.45) is 0 Å². The number of sulfonamides is 1. The summed E-state index contributed by atoms with van der Waals surface area (Å²) in [5, 5.41) is 3.49. The maximum Gasteiger partial charge on any atom is 0.242 e. The molecule has 0 amide bonds. The van der Waals surface area contributed by atoms with Crippen molar-refractivity contribution < 1.29 is 8.42 Å². The topological polar surface area (TPSA) is 49.4 Å². The van der Waals surface area contributed by atoms with Gasteiger partial charge in [-0.1, -0.05) is 19.1 Å². The molecule has 0 aromatic heterocycles. The molecule has 5 heteroatoms. The number of aryl methyl sites for hydroxylation is 1. The molecule has 0 heterocycles. The van der Waals surface area contributed by atoms with Gasteiger partial charge in [-0.3, -0.25) is 0 Å². The van der Waals surface area contributed by atoms with E-state index >= 15 is 0 Å². The zero-order valence-corrected chi connectivity index (χ0v) is 13.8. The van der Waals surface area contributed by atoms with Crippen LogP contribution in [0.25, 0.3) is 0 Å². The third-order valence-corrected chi connectivity index (χ3v) is 5.69. The average molecular weight is 310 g/mol. The maximum atomic E-state index is 12.3. The minimum Gasteiger partial charge on any atom is -0.314 e. The first kappa shape index (κ1) is 16.5. The van der Waals surface area contributed by atoms with Crippen LogP contribution in [0.2, 0.25) is 0 Å². The van der Waals surface area contributed by atoms with Crippen molar-refractivity contribution in [2.75, 3.05) is 20.1 Å². The number of nitrogens with one attached hydrogen (secondary N) is 1. The van der Waals surface area contributed by atoms with Crippen molar-refractivity contribution in [1.82, 2.24) is 9.62 Å². The number of nitrogens with zero attached hydrogens (tertiary/aromatic N) is 1. The van der Waals surface area contributed by atoms with Crippen LogP contribution < -0.4 is 5.32 Å². The standard InChI is InChI=1S/C16H26N2O2S/c1-3-13-18(2)21(19,20)16-10-6-14(7-11-16)5-4-12-17-15-8-9-15/h6-7,10-11,15,17H,3-5,8-9,12-13H2,1-2H3. The zero-order chi connectivity index (χ0) is 15.3. The Kier molecular flexibility index (Phi) is 5.79. The lowest BCUT2D eigenvalue weighted by Gasteiger charge is -2.16. The molecule has 4 nitrogen and oxygen atoms in total. The normalized spacial score (nSPS) is 15.6. The lowest BCUT2D eigenvalue weighted by atomic mass is 10.1. The molecular weight excluding hydrogens is 284 g/mol. The predicted molar refractivity (Wildman–Crippen MR) is 85.9 cm³/mol. The highest BCUT2D eigenvalue weighted by molar-refractivity contribution is 7.89. The van der Waals surface area contributed by atoms with Gasteiger partial charge in [0.25, 0.3) is 0 Å². The first-order valence-electron chi connectivity index (χ1n) is 7.82. The van der Waals surface area contributed by atoms with E-state index in [1.54, 1.807) is 19.2 Å². The van der Waals surface area contributed by atoms with E-state index in [9.17, 15) is 8.42 Å². The molecule has 1 aliphatic carbocycles. The monoisotopic (exact) mass is 310 g/mol. The molecule has 0 bridgehead atoms. The van der Waals surface area contributed by atoms with Gasteiger partial charge in [0.15, 0.2) is 0 Å². The number of hydrogen-bond acceptors (Lipinski definition) is 3. The van der Waals surface area contributed by atoms with Crippen LogP contribution in [0, 0.1) is 0 Å². The quantitative estimate of drug-likeness (QED) is 0.713. The molecule has 1 fully saturated rings. The zero-order valence-electron chi connectivity index (χ0n) is 13.0. The molecule has 2 rings (SSSR count). The van der Waals surface area contributed by atoms with Crippen molar-refractivity contribution in [3.8, 4) is 0 Å². The third kappa shape index (κ3) is 4.80. The second-order valence-electron chi connectivity index (χ2n) is 5.80. The largest absolute Gasteiger partial charge is 0.314 e. The van der Waals surface area contributed by atoms with E-state index in [0.29, 0.717) is 11.4 Å². The van der Waals surface area contributed by atoms with Crippen LogP contribution in [0.5, 0.6) is 0 Å². The molecule has 1 aliphatic rings. The molecule has 0 radical (unpaired) electrons. The van der Waals surface area contributed by atoms with E-state index in [4.69, 9.17) is 0 Å². The van der Waals surface area contributed by atoms with E-state index in [0.717, 1.165) is 31.8 Å². The van der Waals surface area contributed by atoms with Crippen LogP contribution in [0.4, 0.5) is 0 Å². The highest BCUT2D eigenvalue weighted by atomic mass is 32.2. The summed E-state index contributed by atoms with van der Waals surface area (Å²) in [5.74, 6) is 0. The Morgan fingerprint density at radius 1 is 1.24 bits per heavy atom. The summed E-state index contributed by atoms with van der Waals surface area (Å²) in [7, 11) is -1.69. The maximum absolute atomic E-state index is 12.3. The first-order valence-corrected chi connectivity index (χ1v) is 9.26. The molecule has 1 aromatic rings. The summed E-state index contributed by atoms with van der Waals surface area (Å²) in [5.41, 5.74) is 1.20. The van der Waals surface area contributed by atoms with Gasteiger partial charge in [0.1, 0.15) is 0 Å². The van der Waals surface area contributed by atoms with E-state index in [2.05, 4.69) is 5.32 Å². The Morgan fingerprint density at radius 3 is 2.48 bits per heavy atom.